The first kappa shape index (κ1) is 61.1. The number of ether oxygens (including phenoxy) is 1. The van der Waals surface area contributed by atoms with Crippen LogP contribution in [0.15, 0.2) is 36.5 Å². The minimum Gasteiger partial charge on any atom is -0.466 e. The molecule has 0 aliphatic rings. The Morgan fingerprint density at radius 3 is 1.14 bits per heavy atom. The summed E-state index contributed by atoms with van der Waals surface area (Å²) < 4.78 is 5.46. The quantitative estimate of drug-likeness (QED) is 0.0321. The number of hydrogen-bond acceptors (Lipinski definition) is 5. The number of aliphatic hydroxyl groups excluding tert-OH is 2. The van der Waals surface area contributed by atoms with Crippen LogP contribution in [0.3, 0.4) is 0 Å². The number of nitrogens with one attached hydrogen (secondary N) is 1. The van der Waals surface area contributed by atoms with Crippen molar-refractivity contribution in [3.63, 3.8) is 0 Å². The lowest BCUT2D eigenvalue weighted by Gasteiger charge is -2.20. The van der Waals surface area contributed by atoms with E-state index in [1.165, 1.54) is 218 Å². The van der Waals surface area contributed by atoms with Gasteiger partial charge in [-0.05, 0) is 83.5 Å². The standard InChI is InChI=1S/C57H107NO5/c1-3-5-7-9-11-13-14-27-31-35-39-43-47-51-57(62)63-52-48-44-40-36-32-29-26-24-22-20-18-16-15-17-19-21-23-25-28-30-34-38-42-46-50-56(61)58-54(53-59)55(60)49-45-41-37-33-12-10-8-6-4-2/h13-14,17,19,45,49,54-55,59-60H,3-12,15-16,18,20-44,46-48,50-53H2,1-2H3,(H,58,61)/b14-13-,19-17-,49-45+. The van der Waals surface area contributed by atoms with E-state index in [1.54, 1.807) is 6.08 Å². The number of carbonyl (C=O) groups excluding carboxylic acids is 2. The second kappa shape index (κ2) is 52.7. The number of amides is 1. The van der Waals surface area contributed by atoms with E-state index in [-0.39, 0.29) is 18.5 Å². The van der Waals surface area contributed by atoms with Crippen LogP contribution < -0.4 is 5.32 Å². The Morgan fingerprint density at radius 1 is 0.429 bits per heavy atom. The molecule has 370 valence electrons. The van der Waals surface area contributed by atoms with E-state index in [0.717, 1.165) is 44.9 Å². The molecule has 63 heavy (non-hydrogen) atoms. The summed E-state index contributed by atoms with van der Waals surface area (Å²) in [5.41, 5.74) is 0. The van der Waals surface area contributed by atoms with E-state index < -0.39 is 12.1 Å². The van der Waals surface area contributed by atoms with E-state index in [2.05, 4.69) is 43.5 Å². The van der Waals surface area contributed by atoms with E-state index >= 15 is 0 Å². The molecule has 3 N–H and O–H groups in total. The van der Waals surface area contributed by atoms with E-state index in [9.17, 15) is 19.8 Å². The third-order valence-electron chi connectivity index (χ3n) is 12.6. The average molecular weight is 886 g/mol. The van der Waals surface area contributed by atoms with Crippen LogP contribution in [0.25, 0.3) is 0 Å². The van der Waals surface area contributed by atoms with E-state index in [4.69, 9.17) is 4.74 Å². The van der Waals surface area contributed by atoms with Crippen LogP contribution in [0.5, 0.6) is 0 Å². The lowest BCUT2D eigenvalue weighted by Crippen LogP contribution is -2.45. The maximum absolute atomic E-state index is 12.4. The summed E-state index contributed by atoms with van der Waals surface area (Å²) in [5, 5.41) is 22.9. The zero-order valence-electron chi connectivity index (χ0n) is 42.1. The fourth-order valence-corrected chi connectivity index (χ4v) is 8.33. The first-order chi connectivity index (χ1) is 31.0. The molecule has 0 aliphatic heterocycles. The van der Waals surface area contributed by atoms with Gasteiger partial charge in [0.15, 0.2) is 0 Å². The van der Waals surface area contributed by atoms with Crippen LogP contribution >= 0.6 is 0 Å². The molecule has 0 fully saturated rings. The smallest absolute Gasteiger partial charge is 0.305 e. The van der Waals surface area contributed by atoms with Crippen molar-refractivity contribution >= 4 is 11.9 Å². The van der Waals surface area contributed by atoms with Crippen molar-refractivity contribution in [3.8, 4) is 0 Å². The van der Waals surface area contributed by atoms with E-state index in [1.807, 2.05) is 6.08 Å². The predicted molar refractivity (Wildman–Crippen MR) is 273 cm³/mol. The zero-order valence-corrected chi connectivity index (χ0v) is 42.1. The van der Waals surface area contributed by atoms with Gasteiger partial charge in [0, 0.05) is 12.8 Å². The lowest BCUT2D eigenvalue weighted by atomic mass is 10.0. The molecule has 2 unspecified atom stereocenters. The molecular formula is C57H107NO5. The normalized spacial score (nSPS) is 12.9. The molecular weight excluding hydrogens is 779 g/mol. The topological polar surface area (TPSA) is 95.9 Å². The van der Waals surface area contributed by atoms with Crippen LogP contribution in [-0.4, -0.2) is 47.4 Å². The average Bonchev–Trinajstić information content (AvgIpc) is 3.28. The Hall–Kier alpha value is -1.92. The van der Waals surface area contributed by atoms with Crippen molar-refractivity contribution in [3.05, 3.63) is 36.5 Å². The van der Waals surface area contributed by atoms with Crippen LogP contribution in [-0.2, 0) is 14.3 Å². The van der Waals surface area contributed by atoms with Crippen molar-refractivity contribution in [2.75, 3.05) is 13.2 Å². The van der Waals surface area contributed by atoms with Gasteiger partial charge in [-0.25, -0.2) is 0 Å². The van der Waals surface area contributed by atoms with E-state index in [0.29, 0.717) is 19.4 Å². The summed E-state index contributed by atoms with van der Waals surface area (Å²) in [5.74, 6) is -0.0736. The Morgan fingerprint density at radius 2 is 0.746 bits per heavy atom. The minimum absolute atomic E-state index is 0.00213. The van der Waals surface area contributed by atoms with Crippen molar-refractivity contribution in [2.24, 2.45) is 0 Å². The number of rotatable bonds is 51. The summed E-state index contributed by atoms with van der Waals surface area (Å²) in [4.78, 5) is 24.4. The molecule has 1 amide bonds. The first-order valence-electron chi connectivity index (χ1n) is 27.8. The fourth-order valence-electron chi connectivity index (χ4n) is 8.33. The van der Waals surface area contributed by atoms with Gasteiger partial charge in [-0.1, -0.05) is 230 Å². The second-order valence-corrected chi connectivity index (χ2v) is 18.9. The molecule has 0 saturated heterocycles. The molecule has 0 aliphatic carbocycles. The highest BCUT2D eigenvalue weighted by Crippen LogP contribution is 2.16. The number of aliphatic hydroxyl groups is 2. The number of carbonyl (C=O) groups is 2. The lowest BCUT2D eigenvalue weighted by molar-refractivity contribution is -0.143. The molecule has 0 spiro atoms. The number of hydrogen-bond donors (Lipinski definition) is 3. The monoisotopic (exact) mass is 886 g/mol. The highest BCUT2D eigenvalue weighted by Gasteiger charge is 2.18. The Kier molecular flexibility index (Phi) is 51.1. The van der Waals surface area contributed by atoms with Gasteiger partial charge in [0.05, 0.1) is 25.4 Å². The van der Waals surface area contributed by atoms with Crippen LogP contribution in [0, 0.1) is 0 Å². The Bertz CT molecular complexity index is 1020. The summed E-state index contributed by atoms with van der Waals surface area (Å²) >= 11 is 0. The summed E-state index contributed by atoms with van der Waals surface area (Å²) in [6, 6.07) is -0.629. The molecule has 0 rings (SSSR count). The van der Waals surface area contributed by atoms with Crippen LogP contribution in [0.4, 0.5) is 0 Å². The minimum atomic E-state index is -0.845. The van der Waals surface area contributed by atoms with Gasteiger partial charge >= 0.3 is 5.97 Å². The van der Waals surface area contributed by atoms with Crippen molar-refractivity contribution in [1.82, 2.24) is 5.32 Å². The second-order valence-electron chi connectivity index (χ2n) is 18.9. The molecule has 0 radical (unpaired) electrons. The van der Waals surface area contributed by atoms with Crippen molar-refractivity contribution in [2.45, 2.75) is 302 Å². The Labute approximate surface area is 392 Å². The van der Waals surface area contributed by atoms with Gasteiger partial charge in [-0.2, -0.15) is 0 Å². The predicted octanol–water partition coefficient (Wildman–Crippen LogP) is 16.9. The van der Waals surface area contributed by atoms with Crippen LogP contribution in [0.1, 0.15) is 290 Å². The molecule has 6 heteroatoms. The van der Waals surface area contributed by atoms with Crippen molar-refractivity contribution < 1.29 is 24.5 Å². The summed E-state index contributed by atoms with van der Waals surface area (Å²) in [6.07, 6.45) is 64.6. The molecule has 0 aromatic carbocycles. The fraction of sp³-hybridized carbons (Fsp3) is 0.860. The third kappa shape index (κ3) is 49.4. The van der Waals surface area contributed by atoms with Gasteiger partial charge in [-0.15, -0.1) is 0 Å². The van der Waals surface area contributed by atoms with Gasteiger partial charge in [0.2, 0.25) is 5.91 Å². The molecule has 0 bridgehead atoms. The summed E-state index contributed by atoms with van der Waals surface area (Å²) in [7, 11) is 0. The van der Waals surface area contributed by atoms with Gasteiger partial charge in [0.25, 0.3) is 0 Å². The highest BCUT2D eigenvalue weighted by atomic mass is 16.5. The van der Waals surface area contributed by atoms with Crippen LogP contribution in [0.2, 0.25) is 0 Å². The first-order valence-corrected chi connectivity index (χ1v) is 27.8. The molecule has 6 nitrogen and oxygen atoms in total. The summed E-state index contributed by atoms with van der Waals surface area (Å²) in [6.45, 7) is 4.85. The van der Waals surface area contributed by atoms with Gasteiger partial charge < -0.3 is 20.3 Å². The molecule has 0 heterocycles. The number of unbranched alkanes of at least 4 members (excludes halogenated alkanes) is 36. The Balaban J connectivity index is 3.40. The van der Waals surface area contributed by atoms with Crippen molar-refractivity contribution in [1.29, 1.82) is 0 Å². The maximum atomic E-state index is 12.4. The highest BCUT2D eigenvalue weighted by molar-refractivity contribution is 5.76. The van der Waals surface area contributed by atoms with Gasteiger partial charge in [0.1, 0.15) is 0 Å². The molecule has 0 aromatic heterocycles. The third-order valence-corrected chi connectivity index (χ3v) is 12.6. The number of esters is 1. The molecule has 2 atom stereocenters. The SMILES string of the molecule is CCCCCC/C=C\CCCCCCCC(=O)OCCCCCCCCCCCCCC/C=C\CCCCCCCCCCC(=O)NC(CO)C(O)/C=C/CCCCCCCCC. The largest absolute Gasteiger partial charge is 0.466 e. The maximum Gasteiger partial charge on any atom is 0.305 e. The zero-order chi connectivity index (χ0) is 45.8. The van der Waals surface area contributed by atoms with Gasteiger partial charge in [-0.3, -0.25) is 9.59 Å². The molecule has 0 saturated carbocycles. The number of allylic oxidation sites excluding steroid dienone is 5. The molecule has 0 aromatic rings.